The first kappa shape index (κ1) is 20.4. The lowest BCUT2D eigenvalue weighted by Crippen LogP contribution is -2.32. The smallest absolute Gasteiger partial charge is 0.256 e. The summed E-state index contributed by atoms with van der Waals surface area (Å²) < 4.78 is 0. The van der Waals surface area contributed by atoms with Gasteiger partial charge < -0.3 is 5.32 Å². The molecular formula is C26H23N3O3S. The molecule has 3 aliphatic carbocycles. The lowest BCUT2D eigenvalue weighted by Gasteiger charge is -2.17. The summed E-state index contributed by atoms with van der Waals surface area (Å²) in [5, 5.41) is 13.2. The number of benzene rings is 1. The van der Waals surface area contributed by atoms with Crippen molar-refractivity contribution in [1.29, 1.82) is 5.26 Å². The number of amides is 3. The molecule has 0 spiro atoms. The Morgan fingerprint density at radius 1 is 1.12 bits per heavy atom. The molecule has 3 amide bonds. The summed E-state index contributed by atoms with van der Waals surface area (Å²) >= 11 is 1.49. The molecular weight excluding hydrogens is 434 g/mol. The van der Waals surface area contributed by atoms with Crippen LogP contribution < -0.4 is 10.2 Å². The number of imide groups is 1. The molecule has 1 aromatic carbocycles. The zero-order chi connectivity index (χ0) is 22.9. The van der Waals surface area contributed by atoms with Gasteiger partial charge in [-0.25, -0.2) is 0 Å². The first-order chi connectivity index (χ1) is 16.0. The fourth-order valence-corrected chi connectivity index (χ4v) is 7.25. The standard InChI is InChI=1S/C26H23N3O3S/c1-13-2-9-20-18(10-13)19(12-27)24(33-20)28-23(30)14-5-7-17(8-6-14)29-25(31)21-15-3-4-16(11-15)22(21)26(29)32/h3-8,13,15-16,21-22H,2,9-11H2,1H3,(H,28,30)/t13-,15+,16+,21-,22+/m1/s1. The molecule has 6 nitrogen and oxygen atoms in total. The van der Waals surface area contributed by atoms with Crippen molar-refractivity contribution < 1.29 is 14.4 Å². The van der Waals surface area contributed by atoms with Gasteiger partial charge in [-0.05, 0) is 73.3 Å². The minimum Gasteiger partial charge on any atom is -0.312 e. The van der Waals surface area contributed by atoms with E-state index < -0.39 is 0 Å². The molecule has 33 heavy (non-hydrogen) atoms. The van der Waals surface area contributed by atoms with Gasteiger partial charge in [-0.3, -0.25) is 19.3 Å². The molecule has 166 valence electrons. The maximum Gasteiger partial charge on any atom is 0.256 e. The molecule has 1 aliphatic heterocycles. The third kappa shape index (κ3) is 3.01. The summed E-state index contributed by atoms with van der Waals surface area (Å²) in [6, 6.07) is 8.86. The maximum absolute atomic E-state index is 13.0. The Bertz CT molecular complexity index is 1240. The van der Waals surface area contributed by atoms with E-state index in [0.29, 0.717) is 27.7 Å². The van der Waals surface area contributed by atoms with Gasteiger partial charge in [-0.2, -0.15) is 5.26 Å². The fourth-order valence-electron chi connectivity index (χ4n) is 6.06. The topological polar surface area (TPSA) is 90.3 Å². The van der Waals surface area contributed by atoms with Gasteiger partial charge in [0.25, 0.3) is 5.91 Å². The van der Waals surface area contributed by atoms with Crippen LogP contribution in [0.25, 0.3) is 0 Å². The number of allylic oxidation sites excluding steroid dienone is 2. The summed E-state index contributed by atoms with van der Waals surface area (Å²) in [4.78, 5) is 41.4. The Balaban J connectivity index is 1.21. The largest absolute Gasteiger partial charge is 0.312 e. The molecule has 2 bridgehead atoms. The summed E-state index contributed by atoms with van der Waals surface area (Å²) in [5.41, 5.74) is 2.58. The van der Waals surface area contributed by atoms with Crippen LogP contribution in [0.3, 0.4) is 0 Å². The first-order valence-corrected chi connectivity index (χ1v) is 12.3. The SMILES string of the molecule is C[C@@H]1CCc2sc(NC(=O)c3ccc(N4C(=O)[C@@H]5[C@H](C4=O)[C@H]4C=C[C@H]5C4)cc3)c(C#N)c2C1. The predicted molar refractivity (Wildman–Crippen MR) is 125 cm³/mol. The van der Waals surface area contributed by atoms with Gasteiger partial charge >= 0.3 is 0 Å². The second-order valence-electron chi connectivity index (χ2n) is 9.68. The van der Waals surface area contributed by atoms with E-state index in [1.807, 2.05) is 0 Å². The molecule has 1 N–H and O–H groups in total. The molecule has 0 radical (unpaired) electrons. The number of thiophene rings is 1. The molecule has 2 aromatic rings. The number of carbonyl (C=O) groups excluding carboxylic acids is 3. The van der Waals surface area contributed by atoms with Crippen LogP contribution in [-0.4, -0.2) is 17.7 Å². The average molecular weight is 458 g/mol. The molecule has 2 heterocycles. The van der Waals surface area contributed by atoms with Crippen molar-refractivity contribution in [3.05, 3.63) is 58.0 Å². The van der Waals surface area contributed by atoms with Crippen molar-refractivity contribution in [2.75, 3.05) is 10.2 Å². The Morgan fingerprint density at radius 3 is 2.42 bits per heavy atom. The van der Waals surface area contributed by atoms with Crippen LogP contribution in [0.2, 0.25) is 0 Å². The van der Waals surface area contributed by atoms with Crippen molar-refractivity contribution in [1.82, 2.24) is 0 Å². The number of hydrogen-bond acceptors (Lipinski definition) is 5. The Hall–Kier alpha value is -3.24. The van der Waals surface area contributed by atoms with Crippen LogP contribution in [0, 0.1) is 40.9 Å². The second-order valence-corrected chi connectivity index (χ2v) is 10.8. The van der Waals surface area contributed by atoms with Crippen molar-refractivity contribution in [3.8, 4) is 6.07 Å². The maximum atomic E-state index is 13.0. The van der Waals surface area contributed by atoms with E-state index in [1.54, 1.807) is 24.3 Å². The van der Waals surface area contributed by atoms with Crippen LogP contribution in [0.5, 0.6) is 0 Å². The quantitative estimate of drug-likeness (QED) is 0.549. The van der Waals surface area contributed by atoms with Gasteiger partial charge in [0.1, 0.15) is 11.1 Å². The Labute approximate surface area is 195 Å². The minimum absolute atomic E-state index is 0.129. The highest BCUT2D eigenvalue weighted by Gasteiger charge is 2.59. The van der Waals surface area contributed by atoms with Gasteiger partial charge in [-0.15, -0.1) is 11.3 Å². The summed E-state index contributed by atoms with van der Waals surface area (Å²) in [6.45, 7) is 2.19. The van der Waals surface area contributed by atoms with E-state index in [9.17, 15) is 19.6 Å². The van der Waals surface area contributed by atoms with E-state index in [4.69, 9.17) is 0 Å². The van der Waals surface area contributed by atoms with Crippen LogP contribution in [-0.2, 0) is 22.4 Å². The van der Waals surface area contributed by atoms with E-state index in [2.05, 4.69) is 30.5 Å². The predicted octanol–water partition coefficient (Wildman–Crippen LogP) is 4.31. The van der Waals surface area contributed by atoms with Crippen LogP contribution in [0.4, 0.5) is 10.7 Å². The van der Waals surface area contributed by atoms with Crippen molar-refractivity contribution in [3.63, 3.8) is 0 Å². The van der Waals surface area contributed by atoms with Crippen molar-refractivity contribution in [2.45, 2.75) is 32.6 Å². The zero-order valence-electron chi connectivity index (χ0n) is 18.2. The zero-order valence-corrected chi connectivity index (χ0v) is 19.0. The number of nitriles is 1. The van der Waals surface area contributed by atoms with Gasteiger partial charge in [0.2, 0.25) is 11.8 Å². The van der Waals surface area contributed by atoms with E-state index in [0.717, 1.165) is 31.2 Å². The van der Waals surface area contributed by atoms with E-state index in [1.165, 1.54) is 21.1 Å². The molecule has 7 heteroatoms. The number of fused-ring (bicyclic) bond motifs is 6. The summed E-state index contributed by atoms with van der Waals surface area (Å²) in [7, 11) is 0. The summed E-state index contributed by atoms with van der Waals surface area (Å²) in [6.07, 6.45) is 7.96. The lowest BCUT2D eigenvalue weighted by atomic mass is 9.85. The molecule has 2 fully saturated rings. The number of hydrogen-bond donors (Lipinski definition) is 1. The monoisotopic (exact) mass is 457 g/mol. The van der Waals surface area contributed by atoms with Crippen LogP contribution >= 0.6 is 11.3 Å². The van der Waals surface area contributed by atoms with Crippen molar-refractivity contribution in [2.24, 2.45) is 29.6 Å². The third-order valence-corrected chi connectivity index (χ3v) is 8.91. The number of aryl methyl sites for hydroxylation is 1. The highest BCUT2D eigenvalue weighted by atomic mass is 32.1. The number of nitrogens with zero attached hydrogens (tertiary/aromatic N) is 2. The molecule has 6 rings (SSSR count). The van der Waals surface area contributed by atoms with E-state index in [-0.39, 0.29) is 41.4 Å². The number of nitrogens with one attached hydrogen (secondary N) is 1. The molecule has 1 aromatic heterocycles. The Morgan fingerprint density at radius 2 is 1.79 bits per heavy atom. The summed E-state index contributed by atoms with van der Waals surface area (Å²) in [5.74, 6) is -0.173. The Kier molecular flexibility index (Phi) is 4.56. The van der Waals surface area contributed by atoms with Crippen LogP contribution in [0.1, 0.15) is 46.1 Å². The number of carbonyl (C=O) groups is 3. The number of rotatable bonds is 3. The average Bonchev–Trinajstić information content (AvgIpc) is 3.56. The lowest BCUT2D eigenvalue weighted by molar-refractivity contribution is -0.123. The highest BCUT2D eigenvalue weighted by molar-refractivity contribution is 7.16. The molecule has 0 unspecified atom stereocenters. The number of anilines is 2. The van der Waals surface area contributed by atoms with Gasteiger partial charge in [-0.1, -0.05) is 19.1 Å². The molecule has 1 saturated carbocycles. The first-order valence-electron chi connectivity index (χ1n) is 11.5. The van der Waals surface area contributed by atoms with E-state index >= 15 is 0 Å². The molecule has 5 atom stereocenters. The van der Waals surface area contributed by atoms with Crippen molar-refractivity contribution >= 4 is 39.7 Å². The highest BCUT2D eigenvalue weighted by Crippen LogP contribution is 2.53. The fraction of sp³-hybridized carbons (Fsp3) is 0.385. The molecule has 4 aliphatic rings. The van der Waals surface area contributed by atoms with Gasteiger partial charge in [0.05, 0.1) is 23.1 Å². The molecule has 1 saturated heterocycles. The van der Waals surface area contributed by atoms with Crippen LogP contribution in [0.15, 0.2) is 36.4 Å². The van der Waals surface area contributed by atoms with Gasteiger partial charge in [0.15, 0.2) is 0 Å². The second kappa shape index (κ2) is 7.39. The minimum atomic E-state index is -0.303. The third-order valence-electron chi connectivity index (χ3n) is 7.70. The van der Waals surface area contributed by atoms with Gasteiger partial charge in [0, 0.05) is 10.4 Å². The normalized spacial score (nSPS) is 29.2.